The number of hydrogen-bond acceptors (Lipinski definition) is 4. The van der Waals surface area contributed by atoms with E-state index < -0.39 is 17.7 Å². The molecular weight excluding hydrogens is 428 g/mol. The van der Waals surface area contributed by atoms with E-state index >= 15 is 0 Å². The summed E-state index contributed by atoms with van der Waals surface area (Å²) in [5.41, 5.74) is 3.42. The molecule has 4 aromatic rings. The molecular formula is C28H24N2O4. The van der Waals surface area contributed by atoms with Gasteiger partial charge < -0.3 is 19.7 Å². The molecule has 1 aliphatic heterocycles. The fourth-order valence-electron chi connectivity index (χ4n) is 4.58. The summed E-state index contributed by atoms with van der Waals surface area (Å²) in [4.78, 5) is 31.2. The van der Waals surface area contributed by atoms with Gasteiger partial charge in [-0.3, -0.25) is 9.59 Å². The highest BCUT2D eigenvalue weighted by Crippen LogP contribution is 2.39. The molecule has 34 heavy (non-hydrogen) atoms. The lowest BCUT2D eigenvalue weighted by molar-refractivity contribution is -0.139. The first-order chi connectivity index (χ1) is 16.6. The highest BCUT2D eigenvalue weighted by atomic mass is 16.5. The monoisotopic (exact) mass is 452 g/mol. The molecule has 0 unspecified atom stereocenters. The molecule has 1 atom stereocenters. The predicted molar refractivity (Wildman–Crippen MR) is 130 cm³/mol. The summed E-state index contributed by atoms with van der Waals surface area (Å²) in [6.45, 7) is 0.339. The van der Waals surface area contributed by atoms with Crippen LogP contribution in [0.5, 0.6) is 5.75 Å². The van der Waals surface area contributed by atoms with Gasteiger partial charge in [0.15, 0.2) is 0 Å². The minimum atomic E-state index is -0.680. The van der Waals surface area contributed by atoms with E-state index in [2.05, 4.69) is 4.98 Å². The number of aliphatic hydroxyl groups is 1. The molecule has 0 spiro atoms. The highest BCUT2D eigenvalue weighted by Gasteiger charge is 2.45. The first-order valence-corrected chi connectivity index (χ1v) is 11.1. The van der Waals surface area contributed by atoms with Crippen LogP contribution >= 0.6 is 0 Å². The Morgan fingerprint density at radius 3 is 2.41 bits per heavy atom. The van der Waals surface area contributed by atoms with Crippen LogP contribution in [-0.4, -0.2) is 40.3 Å². The molecule has 0 radical (unpaired) electrons. The minimum absolute atomic E-state index is 0.0975. The number of aliphatic hydroxyl groups excluding tert-OH is 1. The van der Waals surface area contributed by atoms with E-state index in [1.165, 1.54) is 0 Å². The van der Waals surface area contributed by atoms with Crippen LogP contribution in [0.15, 0.2) is 90.6 Å². The van der Waals surface area contributed by atoms with Gasteiger partial charge in [-0.2, -0.15) is 0 Å². The fourth-order valence-corrected chi connectivity index (χ4v) is 4.58. The number of ketones is 1. The first kappa shape index (κ1) is 21.5. The molecule has 6 nitrogen and oxygen atoms in total. The van der Waals surface area contributed by atoms with Gasteiger partial charge in [-0.05, 0) is 47.9 Å². The lowest BCUT2D eigenvalue weighted by Crippen LogP contribution is -2.31. The van der Waals surface area contributed by atoms with E-state index in [0.717, 1.165) is 22.0 Å². The Bertz CT molecular complexity index is 1390. The van der Waals surface area contributed by atoms with Crippen molar-refractivity contribution in [1.82, 2.24) is 9.88 Å². The standard InChI is InChI=1S/C28H24N2O4/c1-34-21-13-11-19(12-14-21)26(31)24-25(18-7-3-2-4-8-18)30(28(33)27(24)32)16-15-20-17-29-23-10-6-5-9-22(20)23/h2-14,17,25,29,31H,15-16H2,1H3/t25-/m0/s1. The molecule has 5 rings (SSSR count). The number of benzene rings is 3. The van der Waals surface area contributed by atoms with Gasteiger partial charge in [0.1, 0.15) is 11.5 Å². The van der Waals surface area contributed by atoms with Crippen molar-refractivity contribution in [2.75, 3.05) is 13.7 Å². The molecule has 0 saturated carbocycles. The zero-order valence-electron chi connectivity index (χ0n) is 18.7. The third-order valence-corrected chi connectivity index (χ3v) is 6.32. The van der Waals surface area contributed by atoms with E-state index in [1.54, 1.807) is 36.3 Å². The Kier molecular flexibility index (Phi) is 5.64. The fraction of sp³-hybridized carbons (Fsp3) is 0.143. The van der Waals surface area contributed by atoms with Gasteiger partial charge in [0.25, 0.3) is 11.7 Å². The smallest absolute Gasteiger partial charge is 0.295 e. The summed E-state index contributed by atoms with van der Waals surface area (Å²) in [5.74, 6) is -0.843. The zero-order chi connectivity index (χ0) is 23.7. The van der Waals surface area contributed by atoms with Crippen molar-refractivity contribution in [2.45, 2.75) is 12.5 Å². The third-order valence-electron chi connectivity index (χ3n) is 6.32. The lowest BCUT2D eigenvalue weighted by Gasteiger charge is -2.25. The van der Waals surface area contributed by atoms with Crippen LogP contribution in [0.1, 0.15) is 22.7 Å². The number of aromatic nitrogens is 1. The van der Waals surface area contributed by atoms with Crippen molar-refractivity contribution in [3.63, 3.8) is 0 Å². The van der Waals surface area contributed by atoms with Gasteiger partial charge in [0, 0.05) is 29.2 Å². The van der Waals surface area contributed by atoms with Crippen molar-refractivity contribution in [3.8, 4) is 5.75 Å². The summed E-state index contributed by atoms with van der Waals surface area (Å²) in [6.07, 6.45) is 2.51. The largest absolute Gasteiger partial charge is 0.507 e. The number of Topliss-reactive ketones (excluding diaryl/α,β-unsaturated/α-hetero) is 1. The number of rotatable bonds is 6. The molecule has 1 fully saturated rings. The second-order valence-corrected chi connectivity index (χ2v) is 8.24. The normalized spacial score (nSPS) is 17.4. The van der Waals surface area contributed by atoms with E-state index in [1.807, 2.05) is 60.8 Å². The van der Waals surface area contributed by atoms with Crippen LogP contribution in [0.4, 0.5) is 0 Å². The highest BCUT2D eigenvalue weighted by molar-refractivity contribution is 6.46. The summed E-state index contributed by atoms with van der Waals surface area (Å²) in [7, 11) is 1.56. The molecule has 170 valence electrons. The Hall–Kier alpha value is -4.32. The van der Waals surface area contributed by atoms with Crippen LogP contribution in [0, 0.1) is 0 Å². The number of amides is 1. The number of nitrogens with one attached hydrogen (secondary N) is 1. The summed E-state index contributed by atoms with van der Waals surface area (Å²) >= 11 is 0. The molecule has 1 aliphatic rings. The number of methoxy groups -OCH3 is 1. The number of fused-ring (bicyclic) bond motifs is 1. The molecule has 0 bridgehead atoms. The third kappa shape index (κ3) is 3.73. The van der Waals surface area contributed by atoms with Crippen LogP contribution in [0.2, 0.25) is 0 Å². The number of carbonyl (C=O) groups is 2. The lowest BCUT2D eigenvalue weighted by atomic mass is 9.95. The average molecular weight is 453 g/mol. The molecule has 2 N–H and O–H groups in total. The van der Waals surface area contributed by atoms with E-state index in [4.69, 9.17) is 4.74 Å². The van der Waals surface area contributed by atoms with Crippen LogP contribution < -0.4 is 4.74 Å². The van der Waals surface area contributed by atoms with Crippen LogP contribution in [-0.2, 0) is 16.0 Å². The molecule has 1 aromatic heterocycles. The number of para-hydroxylation sites is 1. The maximum atomic E-state index is 13.2. The number of H-pyrrole nitrogens is 1. The molecule has 3 aromatic carbocycles. The van der Waals surface area contributed by atoms with Crippen molar-refractivity contribution >= 4 is 28.4 Å². The Morgan fingerprint density at radius 1 is 0.971 bits per heavy atom. The van der Waals surface area contributed by atoms with E-state index in [-0.39, 0.29) is 11.3 Å². The maximum absolute atomic E-state index is 13.2. The zero-order valence-corrected chi connectivity index (χ0v) is 18.7. The second kappa shape index (κ2) is 8.90. The number of hydrogen-bond donors (Lipinski definition) is 2. The summed E-state index contributed by atoms with van der Waals surface area (Å²) < 4.78 is 5.19. The van der Waals surface area contributed by atoms with Gasteiger partial charge in [-0.15, -0.1) is 0 Å². The van der Waals surface area contributed by atoms with Crippen molar-refractivity contribution < 1.29 is 19.4 Å². The van der Waals surface area contributed by atoms with Crippen molar-refractivity contribution in [2.24, 2.45) is 0 Å². The SMILES string of the molecule is COc1ccc(C(O)=C2C(=O)C(=O)N(CCc3c[nH]c4ccccc34)[C@H]2c2ccccc2)cc1. The number of likely N-dealkylation sites (tertiary alicyclic amines) is 1. The molecule has 1 saturated heterocycles. The van der Waals surface area contributed by atoms with Crippen LogP contribution in [0.3, 0.4) is 0 Å². The average Bonchev–Trinajstić information content (AvgIpc) is 3.41. The number of aromatic amines is 1. The van der Waals surface area contributed by atoms with E-state index in [9.17, 15) is 14.7 Å². The van der Waals surface area contributed by atoms with Gasteiger partial charge in [0.05, 0.1) is 18.7 Å². The summed E-state index contributed by atoms with van der Waals surface area (Å²) in [6, 6.07) is 23.4. The molecule has 1 amide bonds. The molecule has 2 heterocycles. The van der Waals surface area contributed by atoms with Gasteiger partial charge in [-0.1, -0.05) is 48.5 Å². The molecule has 6 heteroatoms. The number of carbonyl (C=O) groups excluding carboxylic acids is 2. The van der Waals surface area contributed by atoms with Gasteiger partial charge in [-0.25, -0.2) is 0 Å². The van der Waals surface area contributed by atoms with Gasteiger partial charge in [0.2, 0.25) is 0 Å². The number of ether oxygens (including phenoxy) is 1. The summed E-state index contributed by atoms with van der Waals surface area (Å²) in [5, 5.41) is 12.2. The quantitative estimate of drug-likeness (QED) is 0.249. The van der Waals surface area contributed by atoms with Gasteiger partial charge >= 0.3 is 0 Å². The topological polar surface area (TPSA) is 82.6 Å². The second-order valence-electron chi connectivity index (χ2n) is 8.24. The Morgan fingerprint density at radius 2 is 1.68 bits per heavy atom. The predicted octanol–water partition coefficient (Wildman–Crippen LogP) is 4.84. The van der Waals surface area contributed by atoms with Crippen molar-refractivity contribution in [1.29, 1.82) is 0 Å². The number of nitrogens with zero attached hydrogens (tertiary/aromatic N) is 1. The van der Waals surface area contributed by atoms with Crippen molar-refractivity contribution in [3.05, 3.63) is 107 Å². The van der Waals surface area contributed by atoms with E-state index in [0.29, 0.717) is 24.3 Å². The minimum Gasteiger partial charge on any atom is -0.507 e. The first-order valence-electron chi connectivity index (χ1n) is 11.1. The maximum Gasteiger partial charge on any atom is 0.295 e. The van der Waals surface area contributed by atoms with Crippen LogP contribution in [0.25, 0.3) is 16.7 Å². The Balaban J connectivity index is 1.54. The molecule has 0 aliphatic carbocycles. The Labute approximate surface area is 197 Å².